The Balaban J connectivity index is 1.15. The lowest BCUT2D eigenvalue weighted by Gasteiger charge is -2.42. The van der Waals surface area contributed by atoms with Crippen LogP contribution in [0.25, 0.3) is 17.2 Å². The van der Waals surface area contributed by atoms with Crippen LogP contribution in [0, 0.1) is 6.92 Å². The van der Waals surface area contributed by atoms with Gasteiger partial charge in [0.2, 0.25) is 0 Å². The molecule has 0 unspecified atom stereocenters. The fourth-order valence-corrected chi connectivity index (χ4v) is 5.36. The fraction of sp³-hybridized carbons (Fsp3) is 0.379. The summed E-state index contributed by atoms with van der Waals surface area (Å²) >= 11 is 0. The van der Waals surface area contributed by atoms with Gasteiger partial charge in [-0.2, -0.15) is 0 Å². The third-order valence-electron chi connectivity index (χ3n) is 7.57. The van der Waals surface area contributed by atoms with E-state index in [-0.39, 0.29) is 5.60 Å². The zero-order valence-electron chi connectivity index (χ0n) is 20.7. The van der Waals surface area contributed by atoms with E-state index in [0.717, 1.165) is 80.9 Å². The number of anilines is 2. The van der Waals surface area contributed by atoms with Crippen LogP contribution in [0.2, 0.25) is 0 Å². The molecule has 6 rings (SSSR count). The van der Waals surface area contributed by atoms with Crippen LogP contribution in [0.5, 0.6) is 5.75 Å². The summed E-state index contributed by atoms with van der Waals surface area (Å²) in [4.78, 5) is 16.7. The molecule has 0 bridgehead atoms. The van der Waals surface area contributed by atoms with E-state index < -0.39 is 0 Å². The normalized spacial score (nSPS) is 19.5. The number of nitrogens with zero attached hydrogens (tertiary/aromatic N) is 5. The van der Waals surface area contributed by atoms with Crippen LogP contribution in [0.4, 0.5) is 11.6 Å². The second-order valence-corrected chi connectivity index (χ2v) is 10.0. The monoisotopic (exact) mass is 467 g/mol. The molecule has 180 valence electrons. The molecule has 0 atom stereocenters. The summed E-state index contributed by atoms with van der Waals surface area (Å²) in [6.45, 7) is 8.01. The number of piperazine rings is 1. The van der Waals surface area contributed by atoms with E-state index in [4.69, 9.17) is 14.7 Å². The second kappa shape index (κ2) is 9.00. The first-order valence-electron chi connectivity index (χ1n) is 12.7. The molecule has 0 radical (unpaired) electrons. The Hall–Kier alpha value is -3.38. The number of likely N-dealkylation sites (N-methyl/N-ethyl adjacent to an activating group) is 1. The van der Waals surface area contributed by atoms with Crippen LogP contribution >= 0.6 is 0 Å². The van der Waals surface area contributed by atoms with E-state index in [1.807, 2.05) is 6.92 Å². The molecule has 0 amide bonds. The Labute approximate surface area is 207 Å². The molecule has 3 aliphatic rings. The summed E-state index contributed by atoms with van der Waals surface area (Å²) in [6.07, 6.45) is 6.41. The quantitative estimate of drug-likeness (QED) is 0.559. The number of rotatable bonds is 3. The Morgan fingerprint density at radius 1 is 0.771 bits per heavy atom. The Morgan fingerprint density at radius 2 is 1.46 bits per heavy atom. The maximum absolute atomic E-state index is 6.63. The first-order valence-corrected chi connectivity index (χ1v) is 12.7. The summed E-state index contributed by atoms with van der Waals surface area (Å²) in [5.74, 6) is 3.91. The van der Waals surface area contributed by atoms with E-state index in [1.165, 1.54) is 11.1 Å². The number of ether oxygens (including phenoxy) is 1. The van der Waals surface area contributed by atoms with Crippen molar-refractivity contribution in [1.29, 1.82) is 0 Å². The van der Waals surface area contributed by atoms with Gasteiger partial charge in [0.05, 0.1) is 0 Å². The minimum atomic E-state index is -0.236. The van der Waals surface area contributed by atoms with Gasteiger partial charge in [0, 0.05) is 63.7 Å². The minimum Gasteiger partial charge on any atom is -0.482 e. The van der Waals surface area contributed by atoms with Crippen molar-refractivity contribution in [1.82, 2.24) is 14.9 Å². The highest BCUT2D eigenvalue weighted by molar-refractivity contribution is 5.72. The number of hydrogen-bond acceptors (Lipinski definition) is 6. The highest BCUT2D eigenvalue weighted by Gasteiger charge is 2.37. The number of benzene rings is 2. The van der Waals surface area contributed by atoms with Gasteiger partial charge in [-0.1, -0.05) is 42.5 Å². The molecule has 2 aromatic carbocycles. The third kappa shape index (κ3) is 4.50. The van der Waals surface area contributed by atoms with Gasteiger partial charge < -0.3 is 19.4 Å². The standard InChI is InChI=1S/C29H33N5O/c1-22-30-27(21-28(31-22)34-18-16-32(2)17-19-34)33-14-12-29(13-15-33)11-10-25-20-24(8-9-26(25)35-29)23-6-4-3-5-7-23/h3-11,20-21H,12-19H2,1-2H3. The lowest BCUT2D eigenvalue weighted by Crippen LogP contribution is -2.48. The molecule has 1 spiro atoms. The topological polar surface area (TPSA) is 44.7 Å². The number of aryl methyl sites for hydroxylation is 1. The Bertz CT molecular complexity index is 1230. The van der Waals surface area contributed by atoms with Gasteiger partial charge in [-0.3, -0.25) is 0 Å². The average Bonchev–Trinajstić information content (AvgIpc) is 2.89. The maximum atomic E-state index is 6.63. The lowest BCUT2D eigenvalue weighted by molar-refractivity contribution is 0.0891. The highest BCUT2D eigenvalue weighted by Crippen LogP contribution is 2.39. The number of hydrogen-bond donors (Lipinski definition) is 0. The molecule has 6 nitrogen and oxygen atoms in total. The second-order valence-electron chi connectivity index (χ2n) is 10.0. The van der Waals surface area contributed by atoms with E-state index in [1.54, 1.807) is 0 Å². The van der Waals surface area contributed by atoms with Crippen molar-refractivity contribution in [2.75, 3.05) is 56.1 Å². The predicted octanol–water partition coefficient (Wildman–Crippen LogP) is 4.65. The molecule has 0 N–H and O–H groups in total. The van der Waals surface area contributed by atoms with Crippen LogP contribution in [0.3, 0.4) is 0 Å². The zero-order valence-corrected chi connectivity index (χ0v) is 20.7. The van der Waals surface area contributed by atoms with E-state index in [2.05, 4.69) is 88.5 Å². The summed E-state index contributed by atoms with van der Waals surface area (Å²) in [7, 11) is 2.18. The third-order valence-corrected chi connectivity index (χ3v) is 7.57. The van der Waals surface area contributed by atoms with Crippen molar-refractivity contribution in [2.24, 2.45) is 0 Å². The van der Waals surface area contributed by atoms with Gasteiger partial charge in [-0.25, -0.2) is 9.97 Å². The summed E-state index contributed by atoms with van der Waals surface area (Å²) in [5.41, 5.74) is 3.37. The zero-order chi connectivity index (χ0) is 23.8. The SMILES string of the molecule is Cc1nc(N2CCN(C)CC2)cc(N2CCC3(C=Cc4cc(-c5ccccc5)ccc4O3)CC2)n1. The van der Waals surface area contributed by atoms with Gasteiger partial charge in [0.25, 0.3) is 0 Å². The molecule has 1 aromatic heterocycles. The van der Waals surface area contributed by atoms with E-state index in [0.29, 0.717) is 0 Å². The molecule has 6 heteroatoms. The number of aromatic nitrogens is 2. The van der Waals surface area contributed by atoms with Gasteiger partial charge in [-0.05, 0) is 43.3 Å². The van der Waals surface area contributed by atoms with E-state index >= 15 is 0 Å². The van der Waals surface area contributed by atoms with Gasteiger partial charge in [0.15, 0.2) is 0 Å². The maximum Gasteiger partial charge on any atom is 0.134 e. The van der Waals surface area contributed by atoms with Crippen molar-refractivity contribution in [3.05, 3.63) is 72.1 Å². The van der Waals surface area contributed by atoms with Crippen LogP contribution < -0.4 is 14.5 Å². The van der Waals surface area contributed by atoms with Gasteiger partial charge in [0.1, 0.15) is 28.8 Å². The lowest BCUT2D eigenvalue weighted by atomic mass is 9.87. The minimum absolute atomic E-state index is 0.236. The molecular weight excluding hydrogens is 434 g/mol. The summed E-state index contributed by atoms with van der Waals surface area (Å²) < 4.78 is 6.63. The van der Waals surface area contributed by atoms with Gasteiger partial charge in [-0.15, -0.1) is 0 Å². The summed E-state index contributed by atoms with van der Waals surface area (Å²) in [5, 5.41) is 0. The van der Waals surface area contributed by atoms with Crippen molar-refractivity contribution >= 4 is 17.7 Å². The summed E-state index contributed by atoms with van der Waals surface area (Å²) in [6, 6.07) is 19.2. The van der Waals surface area contributed by atoms with E-state index in [9.17, 15) is 0 Å². The fourth-order valence-electron chi connectivity index (χ4n) is 5.36. The molecule has 2 fully saturated rings. The first kappa shape index (κ1) is 22.1. The predicted molar refractivity (Wildman–Crippen MR) is 142 cm³/mol. The molecule has 2 saturated heterocycles. The molecule has 35 heavy (non-hydrogen) atoms. The molecule has 3 aliphatic heterocycles. The largest absolute Gasteiger partial charge is 0.482 e. The molecule has 3 aromatic rings. The average molecular weight is 468 g/mol. The van der Waals surface area contributed by atoms with Gasteiger partial charge >= 0.3 is 0 Å². The number of piperidine rings is 1. The van der Waals surface area contributed by atoms with Crippen LogP contribution in [0.15, 0.2) is 60.7 Å². The van der Waals surface area contributed by atoms with Crippen molar-refractivity contribution in [3.8, 4) is 16.9 Å². The highest BCUT2D eigenvalue weighted by atomic mass is 16.5. The molecule has 4 heterocycles. The van der Waals surface area contributed by atoms with Crippen LogP contribution in [0.1, 0.15) is 24.2 Å². The Kier molecular flexibility index (Phi) is 5.69. The molecule has 0 aliphatic carbocycles. The molecular formula is C29H33N5O. The molecule has 0 saturated carbocycles. The number of fused-ring (bicyclic) bond motifs is 1. The van der Waals surface area contributed by atoms with Crippen molar-refractivity contribution in [3.63, 3.8) is 0 Å². The first-order chi connectivity index (χ1) is 17.1. The van der Waals surface area contributed by atoms with Crippen molar-refractivity contribution < 1.29 is 4.74 Å². The Morgan fingerprint density at radius 3 is 2.17 bits per heavy atom. The van der Waals surface area contributed by atoms with Crippen LogP contribution in [-0.4, -0.2) is 66.8 Å². The van der Waals surface area contributed by atoms with Crippen LogP contribution in [-0.2, 0) is 0 Å². The van der Waals surface area contributed by atoms with Crippen molar-refractivity contribution in [2.45, 2.75) is 25.4 Å². The smallest absolute Gasteiger partial charge is 0.134 e.